The van der Waals surface area contributed by atoms with Crippen LogP contribution in [0.5, 0.6) is 0 Å². The number of aromatic nitrogens is 1. The van der Waals surface area contributed by atoms with E-state index in [0.29, 0.717) is 38.5 Å². The fraction of sp³-hybridized carbons (Fsp3) is 0.500. The van der Waals surface area contributed by atoms with Gasteiger partial charge < -0.3 is 9.80 Å². The minimum Gasteiger partial charge on any atom is -0.354 e. The van der Waals surface area contributed by atoms with Crippen molar-refractivity contribution in [2.45, 2.75) is 25.1 Å². The van der Waals surface area contributed by atoms with Gasteiger partial charge in [0.15, 0.2) is 0 Å². The Hall–Kier alpha value is -2.13. The standard InChI is InChI=1S/C20H23F3N4OS/c21-20(22,23)15-5-6-18(24-13-15)26-10-8-25(9-11-26)14-19(28)27-7-1-3-16(27)17-4-2-12-29-17/h2,4-6,12-13,16H,1,3,7-11,14H2. The zero-order valence-corrected chi connectivity index (χ0v) is 16.8. The molecule has 1 amide bonds. The molecule has 156 valence electrons. The van der Waals surface area contributed by atoms with Gasteiger partial charge in [0, 0.05) is 43.8 Å². The highest BCUT2D eigenvalue weighted by molar-refractivity contribution is 7.10. The first-order chi connectivity index (χ1) is 13.9. The monoisotopic (exact) mass is 424 g/mol. The second-order valence-corrected chi connectivity index (χ2v) is 8.41. The first-order valence-corrected chi connectivity index (χ1v) is 10.6. The van der Waals surface area contributed by atoms with Gasteiger partial charge in [-0.2, -0.15) is 13.2 Å². The lowest BCUT2D eigenvalue weighted by Gasteiger charge is -2.36. The Balaban J connectivity index is 1.30. The molecule has 2 aromatic heterocycles. The largest absolute Gasteiger partial charge is 0.417 e. The summed E-state index contributed by atoms with van der Waals surface area (Å²) in [5, 5.41) is 2.05. The third kappa shape index (κ3) is 4.56. The van der Waals surface area contributed by atoms with E-state index in [1.54, 1.807) is 11.3 Å². The molecule has 5 nitrogen and oxygen atoms in total. The Kier molecular flexibility index (Phi) is 5.78. The molecule has 4 heterocycles. The summed E-state index contributed by atoms with van der Waals surface area (Å²) in [4.78, 5) is 24.1. The normalized spacial score (nSPS) is 21.0. The van der Waals surface area contributed by atoms with Crippen molar-refractivity contribution in [2.75, 3.05) is 44.2 Å². The molecule has 0 aliphatic carbocycles. The average molecular weight is 424 g/mol. The highest BCUT2D eigenvalue weighted by Gasteiger charge is 2.33. The van der Waals surface area contributed by atoms with Gasteiger partial charge in [0.25, 0.3) is 0 Å². The maximum Gasteiger partial charge on any atom is 0.417 e. The fourth-order valence-corrected chi connectivity index (χ4v) is 4.87. The summed E-state index contributed by atoms with van der Waals surface area (Å²) < 4.78 is 38.1. The Morgan fingerprint density at radius 3 is 2.55 bits per heavy atom. The molecule has 2 aliphatic rings. The molecule has 1 unspecified atom stereocenters. The number of carbonyl (C=O) groups is 1. The van der Waals surface area contributed by atoms with Crippen LogP contribution < -0.4 is 4.90 Å². The lowest BCUT2D eigenvalue weighted by atomic mass is 10.2. The summed E-state index contributed by atoms with van der Waals surface area (Å²) in [6.07, 6.45) is -1.45. The number of carbonyl (C=O) groups excluding carboxylic acids is 1. The van der Waals surface area contributed by atoms with Gasteiger partial charge in [0.1, 0.15) is 5.82 Å². The van der Waals surface area contributed by atoms with Crippen LogP contribution in [0.25, 0.3) is 0 Å². The minimum atomic E-state index is -4.37. The second-order valence-electron chi connectivity index (χ2n) is 7.43. The van der Waals surface area contributed by atoms with E-state index in [2.05, 4.69) is 16.0 Å². The van der Waals surface area contributed by atoms with Crippen molar-refractivity contribution in [1.82, 2.24) is 14.8 Å². The SMILES string of the molecule is O=C(CN1CCN(c2ccc(C(F)(F)F)cn2)CC1)N1CCCC1c1cccs1. The second kappa shape index (κ2) is 8.31. The van der Waals surface area contributed by atoms with Gasteiger partial charge in [-0.05, 0) is 36.4 Å². The number of likely N-dealkylation sites (tertiary alicyclic amines) is 1. The van der Waals surface area contributed by atoms with E-state index in [9.17, 15) is 18.0 Å². The van der Waals surface area contributed by atoms with Crippen molar-refractivity contribution in [3.8, 4) is 0 Å². The number of alkyl halides is 3. The molecule has 4 rings (SSSR count). The van der Waals surface area contributed by atoms with E-state index in [-0.39, 0.29) is 11.9 Å². The first-order valence-electron chi connectivity index (χ1n) is 9.75. The van der Waals surface area contributed by atoms with Gasteiger partial charge in [-0.25, -0.2) is 4.98 Å². The molecule has 2 fully saturated rings. The molecular weight excluding hydrogens is 401 g/mol. The van der Waals surface area contributed by atoms with Crippen molar-refractivity contribution in [1.29, 1.82) is 0 Å². The lowest BCUT2D eigenvalue weighted by molar-refractivity contribution is -0.137. The summed E-state index contributed by atoms with van der Waals surface area (Å²) in [6, 6.07) is 6.79. The molecule has 0 N–H and O–H groups in total. The van der Waals surface area contributed by atoms with Crippen molar-refractivity contribution in [3.05, 3.63) is 46.3 Å². The summed E-state index contributed by atoms with van der Waals surface area (Å²) in [5.41, 5.74) is -0.739. The maximum atomic E-state index is 12.9. The van der Waals surface area contributed by atoms with Crippen LogP contribution in [-0.2, 0) is 11.0 Å². The van der Waals surface area contributed by atoms with Crippen LogP contribution in [0.1, 0.15) is 29.3 Å². The Morgan fingerprint density at radius 1 is 1.14 bits per heavy atom. The van der Waals surface area contributed by atoms with Gasteiger partial charge in [-0.15, -0.1) is 11.3 Å². The molecule has 2 saturated heterocycles. The van der Waals surface area contributed by atoms with E-state index in [1.165, 1.54) is 10.9 Å². The average Bonchev–Trinajstić information content (AvgIpc) is 3.39. The zero-order chi connectivity index (χ0) is 20.4. The Bertz CT molecular complexity index is 817. The number of nitrogens with zero attached hydrogens (tertiary/aromatic N) is 4. The highest BCUT2D eigenvalue weighted by atomic mass is 32.1. The maximum absolute atomic E-state index is 12.9. The van der Waals surface area contributed by atoms with Crippen LogP contribution in [-0.4, -0.2) is 60.0 Å². The number of anilines is 1. The van der Waals surface area contributed by atoms with Gasteiger partial charge in [0.05, 0.1) is 18.2 Å². The summed E-state index contributed by atoms with van der Waals surface area (Å²) in [6.45, 7) is 3.84. The van der Waals surface area contributed by atoms with Crippen molar-refractivity contribution in [3.63, 3.8) is 0 Å². The summed E-state index contributed by atoms with van der Waals surface area (Å²) in [7, 11) is 0. The number of pyridine rings is 1. The molecule has 9 heteroatoms. The number of hydrogen-bond acceptors (Lipinski definition) is 5. The van der Waals surface area contributed by atoms with Crippen molar-refractivity contribution >= 4 is 23.1 Å². The topological polar surface area (TPSA) is 39.7 Å². The Morgan fingerprint density at radius 2 is 1.93 bits per heavy atom. The van der Waals surface area contributed by atoms with E-state index >= 15 is 0 Å². The lowest BCUT2D eigenvalue weighted by Crippen LogP contribution is -2.50. The van der Waals surface area contributed by atoms with E-state index in [4.69, 9.17) is 0 Å². The Labute approximate surface area is 171 Å². The first kappa shape index (κ1) is 20.2. The predicted molar refractivity (Wildman–Crippen MR) is 106 cm³/mol. The van der Waals surface area contributed by atoms with Crippen molar-refractivity contribution in [2.24, 2.45) is 0 Å². The van der Waals surface area contributed by atoms with E-state index in [1.807, 2.05) is 21.2 Å². The molecule has 1 atom stereocenters. The molecule has 0 saturated carbocycles. The van der Waals surface area contributed by atoms with Crippen LogP contribution >= 0.6 is 11.3 Å². The molecular formula is C20H23F3N4OS. The number of hydrogen-bond donors (Lipinski definition) is 0. The van der Waals surface area contributed by atoms with Crippen LogP contribution in [0.15, 0.2) is 35.8 Å². The molecule has 0 radical (unpaired) electrons. The summed E-state index contributed by atoms with van der Waals surface area (Å²) >= 11 is 1.70. The van der Waals surface area contributed by atoms with E-state index < -0.39 is 11.7 Å². The smallest absolute Gasteiger partial charge is 0.354 e. The van der Waals surface area contributed by atoms with Crippen molar-refractivity contribution < 1.29 is 18.0 Å². The molecule has 0 bridgehead atoms. The number of thiophene rings is 1. The number of halogens is 3. The van der Waals surface area contributed by atoms with Gasteiger partial charge >= 0.3 is 6.18 Å². The zero-order valence-electron chi connectivity index (χ0n) is 15.9. The van der Waals surface area contributed by atoms with Gasteiger partial charge in [-0.3, -0.25) is 9.69 Å². The molecule has 2 aliphatic heterocycles. The van der Waals surface area contributed by atoms with Crippen LogP contribution in [0.3, 0.4) is 0 Å². The van der Waals surface area contributed by atoms with E-state index in [0.717, 1.165) is 31.6 Å². The van der Waals surface area contributed by atoms with Crippen LogP contribution in [0.4, 0.5) is 19.0 Å². The predicted octanol–water partition coefficient (Wildman–Crippen LogP) is 3.65. The van der Waals surface area contributed by atoms with Gasteiger partial charge in [-0.1, -0.05) is 6.07 Å². The van der Waals surface area contributed by atoms with Gasteiger partial charge in [0.2, 0.25) is 5.91 Å². The van der Waals surface area contributed by atoms with Crippen LogP contribution in [0, 0.1) is 0 Å². The summed E-state index contributed by atoms with van der Waals surface area (Å²) in [5.74, 6) is 0.697. The molecule has 2 aromatic rings. The fourth-order valence-electron chi connectivity index (χ4n) is 4.00. The molecule has 0 aromatic carbocycles. The number of rotatable bonds is 4. The third-order valence-corrected chi connectivity index (χ3v) is 6.55. The number of piperazine rings is 1. The molecule has 0 spiro atoms. The number of amides is 1. The molecule has 29 heavy (non-hydrogen) atoms. The quantitative estimate of drug-likeness (QED) is 0.751. The highest BCUT2D eigenvalue weighted by Crippen LogP contribution is 2.34. The minimum absolute atomic E-state index is 0.155. The van der Waals surface area contributed by atoms with Crippen LogP contribution in [0.2, 0.25) is 0 Å². The third-order valence-electron chi connectivity index (χ3n) is 5.58.